The van der Waals surface area contributed by atoms with E-state index >= 15 is 0 Å². The quantitative estimate of drug-likeness (QED) is 0.826. The third-order valence-electron chi connectivity index (χ3n) is 2.13. The lowest BCUT2D eigenvalue weighted by Gasteiger charge is -2.09. The van der Waals surface area contributed by atoms with E-state index in [1.54, 1.807) is 10.5 Å². The van der Waals surface area contributed by atoms with Crippen LogP contribution < -0.4 is 5.32 Å². The molecule has 0 bridgehead atoms. The number of hydrogen-bond donors (Lipinski definition) is 2. The first kappa shape index (κ1) is 10.5. The van der Waals surface area contributed by atoms with Crippen LogP contribution in [0.25, 0.3) is 5.65 Å². The standard InChI is InChI=1S/C11H13N3O2/c1-7(2)12-8-3-4-10-13-9(11(15)16)6-14(10)5-8/h3-7,12H,1-2H3,(H,15,16). The van der Waals surface area contributed by atoms with E-state index in [1.807, 2.05) is 26.1 Å². The second-order valence-electron chi connectivity index (χ2n) is 3.91. The number of aromatic nitrogens is 2. The van der Waals surface area contributed by atoms with E-state index in [2.05, 4.69) is 10.3 Å². The molecule has 0 saturated heterocycles. The molecule has 0 fully saturated rings. The lowest BCUT2D eigenvalue weighted by Crippen LogP contribution is -2.09. The Morgan fingerprint density at radius 1 is 1.44 bits per heavy atom. The molecule has 2 aromatic heterocycles. The summed E-state index contributed by atoms with van der Waals surface area (Å²) < 4.78 is 1.70. The number of imidazole rings is 1. The number of pyridine rings is 1. The molecule has 84 valence electrons. The number of carbonyl (C=O) groups is 1. The van der Waals surface area contributed by atoms with Gasteiger partial charge in [-0.05, 0) is 26.0 Å². The minimum atomic E-state index is -1.01. The van der Waals surface area contributed by atoms with Gasteiger partial charge in [0.2, 0.25) is 0 Å². The third-order valence-corrected chi connectivity index (χ3v) is 2.13. The second-order valence-corrected chi connectivity index (χ2v) is 3.91. The third kappa shape index (κ3) is 1.98. The molecule has 0 spiro atoms. The van der Waals surface area contributed by atoms with E-state index in [0.29, 0.717) is 11.7 Å². The molecule has 2 aromatic rings. The van der Waals surface area contributed by atoms with Crippen molar-refractivity contribution in [2.75, 3.05) is 5.32 Å². The zero-order valence-electron chi connectivity index (χ0n) is 9.14. The Kier molecular flexibility index (Phi) is 2.52. The molecule has 0 aromatic carbocycles. The number of carboxylic acids is 1. The molecular weight excluding hydrogens is 206 g/mol. The number of nitrogens with zero attached hydrogens (tertiary/aromatic N) is 2. The van der Waals surface area contributed by atoms with Crippen molar-refractivity contribution in [2.24, 2.45) is 0 Å². The van der Waals surface area contributed by atoms with Crippen LogP contribution >= 0.6 is 0 Å². The predicted octanol–water partition coefficient (Wildman–Crippen LogP) is 1.85. The highest BCUT2D eigenvalue weighted by Crippen LogP contribution is 2.12. The molecule has 0 aliphatic carbocycles. The molecule has 2 heterocycles. The summed E-state index contributed by atoms with van der Waals surface area (Å²) in [6, 6.07) is 4.00. The number of anilines is 1. The smallest absolute Gasteiger partial charge is 0.356 e. The maximum atomic E-state index is 10.7. The van der Waals surface area contributed by atoms with Gasteiger partial charge in [0.05, 0.1) is 5.69 Å². The maximum absolute atomic E-state index is 10.7. The van der Waals surface area contributed by atoms with Crippen molar-refractivity contribution in [3.05, 3.63) is 30.2 Å². The van der Waals surface area contributed by atoms with Crippen LogP contribution in [-0.4, -0.2) is 26.5 Å². The van der Waals surface area contributed by atoms with E-state index in [0.717, 1.165) is 5.69 Å². The number of carboxylic acid groups (broad SMARTS) is 1. The van der Waals surface area contributed by atoms with Crippen molar-refractivity contribution >= 4 is 17.3 Å². The zero-order valence-corrected chi connectivity index (χ0v) is 9.14. The normalized spacial score (nSPS) is 10.9. The number of aromatic carboxylic acids is 1. The molecule has 0 unspecified atom stereocenters. The Balaban J connectivity index is 2.41. The molecule has 2 rings (SSSR count). The van der Waals surface area contributed by atoms with Gasteiger partial charge in [-0.3, -0.25) is 0 Å². The predicted molar refractivity (Wildman–Crippen MR) is 60.9 cm³/mol. The molecule has 16 heavy (non-hydrogen) atoms. The zero-order chi connectivity index (χ0) is 11.7. The Hall–Kier alpha value is -2.04. The van der Waals surface area contributed by atoms with Crippen molar-refractivity contribution < 1.29 is 9.90 Å². The number of hydrogen-bond acceptors (Lipinski definition) is 3. The highest BCUT2D eigenvalue weighted by atomic mass is 16.4. The van der Waals surface area contributed by atoms with Crippen LogP contribution in [0.2, 0.25) is 0 Å². The van der Waals surface area contributed by atoms with Gasteiger partial charge in [-0.1, -0.05) is 0 Å². The van der Waals surface area contributed by atoms with Crippen LogP contribution in [0.3, 0.4) is 0 Å². The van der Waals surface area contributed by atoms with Crippen molar-refractivity contribution in [1.82, 2.24) is 9.38 Å². The van der Waals surface area contributed by atoms with Gasteiger partial charge in [0.25, 0.3) is 0 Å². The second kappa shape index (κ2) is 3.84. The highest BCUT2D eigenvalue weighted by Gasteiger charge is 2.08. The maximum Gasteiger partial charge on any atom is 0.356 e. The first-order chi connectivity index (χ1) is 7.56. The van der Waals surface area contributed by atoms with Crippen LogP contribution in [0.1, 0.15) is 24.3 Å². The van der Waals surface area contributed by atoms with Crippen molar-refractivity contribution in [1.29, 1.82) is 0 Å². The summed E-state index contributed by atoms with van der Waals surface area (Å²) in [6.07, 6.45) is 3.33. The molecule has 0 aliphatic rings. The summed E-state index contributed by atoms with van der Waals surface area (Å²) in [5.74, 6) is -1.01. The summed E-state index contributed by atoms with van der Waals surface area (Å²) in [5, 5.41) is 12.0. The van der Waals surface area contributed by atoms with Crippen LogP contribution in [0.4, 0.5) is 5.69 Å². The molecule has 0 atom stereocenters. The molecular formula is C11H13N3O2. The van der Waals surface area contributed by atoms with Gasteiger partial charge < -0.3 is 14.8 Å². The van der Waals surface area contributed by atoms with Gasteiger partial charge >= 0.3 is 5.97 Å². The van der Waals surface area contributed by atoms with Gasteiger partial charge in [0.1, 0.15) is 5.65 Å². The van der Waals surface area contributed by atoms with Gasteiger partial charge in [-0.2, -0.15) is 0 Å². The van der Waals surface area contributed by atoms with Gasteiger partial charge in [0.15, 0.2) is 5.69 Å². The lowest BCUT2D eigenvalue weighted by molar-refractivity contribution is 0.0691. The van der Waals surface area contributed by atoms with E-state index < -0.39 is 5.97 Å². The number of nitrogens with one attached hydrogen (secondary N) is 1. The van der Waals surface area contributed by atoms with E-state index in [4.69, 9.17) is 5.11 Å². The van der Waals surface area contributed by atoms with E-state index in [-0.39, 0.29) is 5.69 Å². The Morgan fingerprint density at radius 3 is 2.81 bits per heavy atom. The fourth-order valence-corrected chi connectivity index (χ4v) is 1.51. The minimum absolute atomic E-state index is 0.0571. The summed E-state index contributed by atoms with van der Waals surface area (Å²) in [7, 11) is 0. The fourth-order valence-electron chi connectivity index (χ4n) is 1.51. The molecule has 2 N–H and O–H groups in total. The number of fused-ring (bicyclic) bond motifs is 1. The summed E-state index contributed by atoms with van der Waals surface area (Å²) in [5.41, 5.74) is 1.63. The Labute approximate surface area is 92.7 Å². The summed E-state index contributed by atoms with van der Waals surface area (Å²) in [4.78, 5) is 14.7. The van der Waals surface area contributed by atoms with E-state index in [1.165, 1.54) is 6.20 Å². The van der Waals surface area contributed by atoms with Crippen LogP contribution in [0, 0.1) is 0 Å². The van der Waals surface area contributed by atoms with Gasteiger partial charge in [-0.25, -0.2) is 9.78 Å². The summed E-state index contributed by atoms with van der Waals surface area (Å²) >= 11 is 0. The van der Waals surface area contributed by atoms with Crippen LogP contribution in [-0.2, 0) is 0 Å². The van der Waals surface area contributed by atoms with Gasteiger partial charge in [-0.15, -0.1) is 0 Å². The lowest BCUT2D eigenvalue weighted by atomic mass is 10.3. The molecule has 5 nitrogen and oxygen atoms in total. The first-order valence-corrected chi connectivity index (χ1v) is 5.05. The summed E-state index contributed by atoms with van der Waals surface area (Å²) in [6.45, 7) is 4.08. The van der Waals surface area contributed by atoms with Crippen molar-refractivity contribution in [3.63, 3.8) is 0 Å². The molecule has 5 heteroatoms. The monoisotopic (exact) mass is 219 g/mol. The SMILES string of the molecule is CC(C)Nc1ccc2nc(C(=O)O)cn2c1. The molecule has 0 saturated carbocycles. The van der Waals surface area contributed by atoms with Crippen molar-refractivity contribution in [2.45, 2.75) is 19.9 Å². The number of rotatable bonds is 3. The first-order valence-electron chi connectivity index (χ1n) is 5.05. The molecule has 0 aliphatic heterocycles. The van der Waals surface area contributed by atoms with Crippen LogP contribution in [0.15, 0.2) is 24.5 Å². The Bertz CT molecular complexity index is 531. The topological polar surface area (TPSA) is 66.6 Å². The fraction of sp³-hybridized carbons (Fsp3) is 0.273. The highest BCUT2D eigenvalue weighted by molar-refractivity contribution is 5.86. The minimum Gasteiger partial charge on any atom is -0.476 e. The van der Waals surface area contributed by atoms with Crippen LogP contribution in [0.5, 0.6) is 0 Å². The average molecular weight is 219 g/mol. The largest absolute Gasteiger partial charge is 0.476 e. The molecule has 0 radical (unpaired) electrons. The van der Waals surface area contributed by atoms with Gasteiger partial charge in [0, 0.05) is 18.4 Å². The Morgan fingerprint density at radius 2 is 2.19 bits per heavy atom. The molecule has 0 amide bonds. The van der Waals surface area contributed by atoms with Crippen molar-refractivity contribution in [3.8, 4) is 0 Å². The average Bonchev–Trinajstić information content (AvgIpc) is 2.59. The van der Waals surface area contributed by atoms with E-state index in [9.17, 15) is 4.79 Å².